The summed E-state index contributed by atoms with van der Waals surface area (Å²) >= 11 is 0. The van der Waals surface area contributed by atoms with Crippen LogP contribution < -0.4 is 14.4 Å². The van der Waals surface area contributed by atoms with Gasteiger partial charge in [0, 0.05) is 52.0 Å². The van der Waals surface area contributed by atoms with Gasteiger partial charge in [-0.05, 0) is 43.3 Å². The molecule has 8 nitrogen and oxygen atoms in total. The Morgan fingerprint density at radius 1 is 1.15 bits per heavy atom. The number of methoxy groups -OCH3 is 1. The molecular formula is C25H36N4O4. The number of hydrogen-bond donors (Lipinski definition) is 1. The second-order valence-corrected chi connectivity index (χ2v) is 9.04. The molecule has 0 unspecified atom stereocenters. The Morgan fingerprint density at radius 2 is 2.00 bits per heavy atom. The minimum atomic E-state index is -0.751. The molecule has 8 heteroatoms. The van der Waals surface area contributed by atoms with Crippen LogP contribution >= 0.6 is 0 Å². The highest BCUT2D eigenvalue weighted by Gasteiger charge is 2.37. The molecule has 2 aliphatic heterocycles. The highest BCUT2D eigenvalue weighted by atomic mass is 16.5. The summed E-state index contributed by atoms with van der Waals surface area (Å²) in [6.45, 7) is 7.71. The number of aliphatic hydroxyl groups is 1. The maximum atomic E-state index is 11.2. The SMILES string of the molecule is COc1cc(CN(C)C[C@@]2(O)CCN(c3ccccn3)C2)ccc1OCCN1CCOCC1. The average molecular weight is 457 g/mol. The Kier molecular flexibility index (Phi) is 8.03. The van der Waals surface area contributed by atoms with Gasteiger partial charge in [0.2, 0.25) is 0 Å². The largest absolute Gasteiger partial charge is 0.493 e. The van der Waals surface area contributed by atoms with Crippen LogP contribution in [0.2, 0.25) is 0 Å². The van der Waals surface area contributed by atoms with E-state index in [0.717, 1.165) is 75.2 Å². The van der Waals surface area contributed by atoms with E-state index in [0.29, 0.717) is 19.7 Å². The first kappa shape index (κ1) is 23.8. The van der Waals surface area contributed by atoms with E-state index in [9.17, 15) is 5.11 Å². The minimum Gasteiger partial charge on any atom is -0.493 e. The summed E-state index contributed by atoms with van der Waals surface area (Å²) in [5.74, 6) is 2.42. The van der Waals surface area contributed by atoms with Gasteiger partial charge in [-0.25, -0.2) is 4.98 Å². The van der Waals surface area contributed by atoms with Crippen LogP contribution in [0, 0.1) is 0 Å². The first-order valence-electron chi connectivity index (χ1n) is 11.7. The van der Waals surface area contributed by atoms with Crippen molar-refractivity contribution >= 4 is 5.82 Å². The molecule has 180 valence electrons. The molecule has 33 heavy (non-hydrogen) atoms. The number of benzene rings is 1. The van der Waals surface area contributed by atoms with Gasteiger partial charge in [-0.1, -0.05) is 12.1 Å². The highest BCUT2D eigenvalue weighted by Crippen LogP contribution is 2.30. The summed E-state index contributed by atoms with van der Waals surface area (Å²) in [4.78, 5) is 11.1. The van der Waals surface area contributed by atoms with Crippen LogP contribution in [0.5, 0.6) is 11.5 Å². The third-order valence-electron chi connectivity index (χ3n) is 6.32. The van der Waals surface area contributed by atoms with E-state index in [4.69, 9.17) is 14.2 Å². The molecule has 1 aromatic carbocycles. The van der Waals surface area contributed by atoms with E-state index in [1.807, 2.05) is 37.4 Å². The number of pyridine rings is 1. The van der Waals surface area contributed by atoms with Crippen molar-refractivity contribution in [1.29, 1.82) is 0 Å². The molecule has 0 spiro atoms. The lowest BCUT2D eigenvalue weighted by atomic mass is 10.0. The van der Waals surface area contributed by atoms with Gasteiger partial charge in [-0.2, -0.15) is 0 Å². The van der Waals surface area contributed by atoms with Crippen molar-refractivity contribution in [3.8, 4) is 11.5 Å². The summed E-state index contributed by atoms with van der Waals surface area (Å²) in [6, 6.07) is 12.0. The molecule has 1 N–H and O–H groups in total. The smallest absolute Gasteiger partial charge is 0.161 e. The number of aromatic nitrogens is 1. The zero-order valence-electron chi connectivity index (χ0n) is 19.8. The number of β-amino-alcohol motifs (C(OH)–C–C–N with tert-alkyl or cyclic N) is 1. The van der Waals surface area contributed by atoms with Crippen molar-refractivity contribution in [3.63, 3.8) is 0 Å². The fraction of sp³-hybridized carbons (Fsp3) is 0.560. The van der Waals surface area contributed by atoms with Crippen LogP contribution in [0.25, 0.3) is 0 Å². The second kappa shape index (κ2) is 11.2. The molecule has 0 radical (unpaired) electrons. The van der Waals surface area contributed by atoms with E-state index in [1.165, 1.54) is 0 Å². The molecule has 3 heterocycles. The van der Waals surface area contributed by atoms with Crippen molar-refractivity contribution in [3.05, 3.63) is 48.2 Å². The molecule has 1 atom stereocenters. The lowest BCUT2D eigenvalue weighted by molar-refractivity contribution is 0.0279. The third-order valence-corrected chi connectivity index (χ3v) is 6.32. The lowest BCUT2D eigenvalue weighted by Crippen LogP contribution is -2.43. The zero-order valence-corrected chi connectivity index (χ0v) is 19.8. The Hall–Kier alpha value is -2.39. The van der Waals surface area contributed by atoms with Crippen LogP contribution in [-0.4, -0.2) is 98.7 Å². The van der Waals surface area contributed by atoms with E-state index < -0.39 is 5.60 Å². The van der Waals surface area contributed by atoms with E-state index in [-0.39, 0.29) is 0 Å². The number of ether oxygens (including phenoxy) is 3. The number of morpholine rings is 1. The lowest BCUT2D eigenvalue weighted by Gasteiger charge is -2.29. The topological polar surface area (TPSA) is 70.5 Å². The van der Waals surface area contributed by atoms with Crippen LogP contribution in [-0.2, 0) is 11.3 Å². The average Bonchev–Trinajstić information content (AvgIpc) is 3.22. The van der Waals surface area contributed by atoms with Crippen LogP contribution in [0.1, 0.15) is 12.0 Å². The van der Waals surface area contributed by atoms with Gasteiger partial charge < -0.3 is 24.2 Å². The Labute approximate surface area is 196 Å². The van der Waals surface area contributed by atoms with Crippen molar-refractivity contribution < 1.29 is 19.3 Å². The van der Waals surface area contributed by atoms with Crippen LogP contribution in [0.4, 0.5) is 5.82 Å². The maximum absolute atomic E-state index is 11.2. The minimum absolute atomic E-state index is 0.591. The molecule has 2 saturated heterocycles. The number of anilines is 1. The fourth-order valence-corrected chi connectivity index (χ4v) is 4.63. The molecular weight excluding hydrogens is 420 g/mol. The Morgan fingerprint density at radius 3 is 2.76 bits per heavy atom. The molecule has 0 amide bonds. The predicted octanol–water partition coefficient (Wildman–Crippen LogP) is 1.87. The van der Waals surface area contributed by atoms with Crippen molar-refractivity contribution in [2.45, 2.75) is 18.6 Å². The normalized spacial score (nSPS) is 21.5. The Bertz CT molecular complexity index is 878. The summed E-state index contributed by atoms with van der Waals surface area (Å²) < 4.78 is 17.0. The molecule has 2 aliphatic rings. The molecule has 2 fully saturated rings. The summed E-state index contributed by atoms with van der Waals surface area (Å²) in [6.07, 6.45) is 2.52. The molecule has 1 aromatic heterocycles. The van der Waals surface area contributed by atoms with Gasteiger partial charge in [0.05, 0.1) is 25.9 Å². The summed E-state index contributed by atoms with van der Waals surface area (Å²) in [5.41, 5.74) is 0.372. The fourth-order valence-electron chi connectivity index (χ4n) is 4.63. The molecule has 0 aliphatic carbocycles. The van der Waals surface area contributed by atoms with E-state index >= 15 is 0 Å². The number of rotatable bonds is 10. The molecule has 0 saturated carbocycles. The first-order valence-corrected chi connectivity index (χ1v) is 11.7. The standard InChI is InChI=1S/C25H36N4O4/c1-27(19-25(30)8-10-29(20-25)24-5-3-4-9-26-24)18-21-6-7-22(23(17-21)31-2)33-16-13-28-11-14-32-15-12-28/h3-7,9,17,30H,8,10-16,18-20H2,1-2H3/t25-/m0/s1. The maximum Gasteiger partial charge on any atom is 0.161 e. The summed E-state index contributed by atoms with van der Waals surface area (Å²) in [5, 5.41) is 11.2. The first-order chi connectivity index (χ1) is 16.0. The van der Waals surface area contributed by atoms with Gasteiger partial charge >= 0.3 is 0 Å². The van der Waals surface area contributed by atoms with Crippen LogP contribution in [0.15, 0.2) is 42.6 Å². The van der Waals surface area contributed by atoms with Crippen molar-refractivity contribution in [2.75, 3.05) is 78.1 Å². The van der Waals surface area contributed by atoms with E-state index in [2.05, 4.69) is 25.8 Å². The van der Waals surface area contributed by atoms with Gasteiger partial charge in [0.25, 0.3) is 0 Å². The van der Waals surface area contributed by atoms with Crippen molar-refractivity contribution in [2.24, 2.45) is 0 Å². The van der Waals surface area contributed by atoms with E-state index in [1.54, 1.807) is 13.3 Å². The summed E-state index contributed by atoms with van der Waals surface area (Å²) in [7, 11) is 3.71. The monoisotopic (exact) mass is 456 g/mol. The molecule has 0 bridgehead atoms. The van der Waals surface area contributed by atoms with Gasteiger partial charge in [0.15, 0.2) is 11.5 Å². The number of likely N-dealkylation sites (N-methyl/N-ethyl adjacent to an activating group) is 1. The quantitative estimate of drug-likeness (QED) is 0.581. The van der Waals surface area contributed by atoms with Gasteiger partial charge in [0.1, 0.15) is 12.4 Å². The predicted molar refractivity (Wildman–Crippen MR) is 128 cm³/mol. The van der Waals surface area contributed by atoms with Gasteiger partial charge in [-0.3, -0.25) is 9.80 Å². The number of nitrogens with zero attached hydrogens (tertiary/aromatic N) is 4. The van der Waals surface area contributed by atoms with Gasteiger partial charge in [-0.15, -0.1) is 0 Å². The zero-order chi connectivity index (χ0) is 23.1. The van der Waals surface area contributed by atoms with Crippen molar-refractivity contribution in [1.82, 2.24) is 14.8 Å². The Balaban J connectivity index is 1.28. The van der Waals surface area contributed by atoms with Crippen LogP contribution in [0.3, 0.4) is 0 Å². The molecule has 4 rings (SSSR count). The molecule has 2 aromatic rings. The second-order valence-electron chi connectivity index (χ2n) is 9.04. The number of hydrogen-bond acceptors (Lipinski definition) is 8. The highest BCUT2D eigenvalue weighted by molar-refractivity contribution is 5.43. The third kappa shape index (κ3) is 6.57.